The highest BCUT2D eigenvalue weighted by atomic mass is 32.2. The van der Waals surface area contributed by atoms with Crippen LogP contribution in [0.1, 0.15) is 47.4 Å². The van der Waals surface area contributed by atoms with Gasteiger partial charge in [0.1, 0.15) is 0 Å². The summed E-state index contributed by atoms with van der Waals surface area (Å²) in [6, 6.07) is 12.6. The van der Waals surface area contributed by atoms with Crippen LogP contribution in [0.3, 0.4) is 0 Å². The SMILES string of the molecule is CC(=O)c1cccc(NC(=O)c2ccc(S(=O)(=O)N3CCC[C@@H](C)C3)cc2)c1. The average Bonchev–Trinajstić information content (AvgIpc) is 2.68. The zero-order valence-corrected chi connectivity index (χ0v) is 16.8. The number of hydrogen-bond acceptors (Lipinski definition) is 4. The van der Waals surface area contributed by atoms with E-state index in [0.29, 0.717) is 35.8 Å². The van der Waals surface area contributed by atoms with Gasteiger partial charge in [-0.25, -0.2) is 8.42 Å². The molecule has 1 aliphatic rings. The lowest BCUT2D eigenvalue weighted by Crippen LogP contribution is -2.39. The number of sulfonamides is 1. The number of carbonyl (C=O) groups is 2. The van der Waals surface area contributed by atoms with Crippen LogP contribution in [0.25, 0.3) is 0 Å². The molecular formula is C21H24N2O4S. The van der Waals surface area contributed by atoms with Crippen molar-refractivity contribution in [1.29, 1.82) is 0 Å². The summed E-state index contributed by atoms with van der Waals surface area (Å²) in [5.74, 6) is -0.103. The van der Waals surface area contributed by atoms with E-state index in [0.717, 1.165) is 12.8 Å². The third-order valence-corrected chi connectivity index (χ3v) is 6.78. The summed E-state index contributed by atoms with van der Waals surface area (Å²) < 4.78 is 27.1. The lowest BCUT2D eigenvalue weighted by atomic mass is 10.0. The summed E-state index contributed by atoms with van der Waals surface area (Å²) in [6.45, 7) is 4.57. The van der Waals surface area contributed by atoms with Crippen molar-refractivity contribution >= 4 is 27.4 Å². The standard InChI is InChI=1S/C21H24N2O4S/c1-15-5-4-12-23(14-15)28(26,27)20-10-8-17(9-11-20)21(25)22-19-7-3-6-18(13-19)16(2)24/h3,6-11,13,15H,4-5,12,14H2,1-2H3,(H,22,25)/t15-/m1/s1. The molecule has 1 aliphatic heterocycles. The second kappa shape index (κ2) is 8.24. The maximum Gasteiger partial charge on any atom is 0.255 e. The Kier molecular flexibility index (Phi) is 5.96. The molecular weight excluding hydrogens is 376 g/mol. The molecule has 7 heteroatoms. The normalized spacial score (nSPS) is 17.9. The number of piperidine rings is 1. The van der Waals surface area contributed by atoms with Gasteiger partial charge >= 0.3 is 0 Å². The van der Waals surface area contributed by atoms with E-state index in [1.165, 1.54) is 35.5 Å². The number of nitrogens with one attached hydrogen (secondary N) is 1. The van der Waals surface area contributed by atoms with E-state index in [1.54, 1.807) is 24.3 Å². The van der Waals surface area contributed by atoms with Crippen LogP contribution in [0.5, 0.6) is 0 Å². The largest absolute Gasteiger partial charge is 0.322 e. The minimum atomic E-state index is -3.55. The van der Waals surface area contributed by atoms with Crippen molar-refractivity contribution in [3.63, 3.8) is 0 Å². The molecule has 1 N–H and O–H groups in total. The van der Waals surface area contributed by atoms with Crippen LogP contribution >= 0.6 is 0 Å². The third-order valence-electron chi connectivity index (χ3n) is 4.90. The molecule has 0 unspecified atom stereocenters. The van der Waals surface area contributed by atoms with E-state index < -0.39 is 10.0 Å². The Labute approximate surface area is 165 Å². The predicted octanol–water partition coefficient (Wildman–Crippen LogP) is 3.56. The molecule has 1 atom stereocenters. The molecule has 148 valence electrons. The smallest absolute Gasteiger partial charge is 0.255 e. The average molecular weight is 401 g/mol. The quantitative estimate of drug-likeness (QED) is 0.778. The lowest BCUT2D eigenvalue weighted by molar-refractivity contribution is 0.101. The van der Waals surface area contributed by atoms with Crippen LogP contribution in [0.4, 0.5) is 5.69 Å². The number of ketones is 1. The first-order chi connectivity index (χ1) is 13.3. The molecule has 0 saturated carbocycles. The number of amides is 1. The molecule has 28 heavy (non-hydrogen) atoms. The van der Waals surface area contributed by atoms with Gasteiger partial charge in [0.25, 0.3) is 5.91 Å². The van der Waals surface area contributed by atoms with Crippen molar-refractivity contribution in [2.45, 2.75) is 31.6 Å². The summed E-state index contributed by atoms with van der Waals surface area (Å²) in [7, 11) is -3.55. The molecule has 3 rings (SSSR count). The molecule has 2 aromatic carbocycles. The Balaban J connectivity index is 1.74. The Morgan fingerprint density at radius 1 is 1.07 bits per heavy atom. The molecule has 0 bridgehead atoms. The number of hydrogen-bond donors (Lipinski definition) is 1. The van der Waals surface area contributed by atoms with E-state index in [4.69, 9.17) is 0 Å². The Hall–Kier alpha value is -2.51. The Morgan fingerprint density at radius 2 is 1.79 bits per heavy atom. The first-order valence-electron chi connectivity index (χ1n) is 9.30. The lowest BCUT2D eigenvalue weighted by Gasteiger charge is -2.30. The predicted molar refractivity (Wildman–Crippen MR) is 108 cm³/mol. The van der Waals surface area contributed by atoms with Gasteiger partial charge in [0.05, 0.1) is 4.90 Å². The summed E-state index contributed by atoms with van der Waals surface area (Å²) in [5.41, 5.74) is 1.37. The number of rotatable bonds is 5. The number of nitrogens with zero attached hydrogens (tertiary/aromatic N) is 1. The molecule has 0 aromatic heterocycles. The number of Topliss-reactive ketones (excluding diaryl/α,β-unsaturated/α-hetero) is 1. The minimum absolute atomic E-state index is 0.0855. The van der Waals surface area contributed by atoms with Gasteiger partial charge in [0.15, 0.2) is 5.78 Å². The topological polar surface area (TPSA) is 83.5 Å². The molecule has 2 aromatic rings. The second-order valence-electron chi connectivity index (χ2n) is 7.23. The maximum absolute atomic E-state index is 12.8. The van der Waals surface area contributed by atoms with Crippen molar-refractivity contribution in [3.8, 4) is 0 Å². The monoisotopic (exact) mass is 400 g/mol. The molecule has 0 radical (unpaired) electrons. The summed E-state index contributed by atoms with van der Waals surface area (Å²) in [6.07, 6.45) is 1.90. The third kappa shape index (κ3) is 4.48. The van der Waals surface area contributed by atoms with Gasteiger partial charge in [-0.05, 0) is 62.1 Å². The van der Waals surface area contributed by atoms with Gasteiger partial charge in [0, 0.05) is 29.9 Å². The van der Waals surface area contributed by atoms with Gasteiger partial charge < -0.3 is 5.32 Å². The summed E-state index contributed by atoms with van der Waals surface area (Å²) in [5, 5.41) is 2.73. The fraction of sp³-hybridized carbons (Fsp3) is 0.333. The van der Waals surface area contributed by atoms with Crippen molar-refractivity contribution in [3.05, 3.63) is 59.7 Å². The van der Waals surface area contributed by atoms with Crippen molar-refractivity contribution < 1.29 is 18.0 Å². The maximum atomic E-state index is 12.8. The van der Waals surface area contributed by atoms with Crippen LogP contribution in [-0.2, 0) is 10.0 Å². The number of carbonyl (C=O) groups excluding carboxylic acids is 2. The minimum Gasteiger partial charge on any atom is -0.322 e. The second-order valence-corrected chi connectivity index (χ2v) is 9.16. The van der Waals surface area contributed by atoms with Gasteiger partial charge in [-0.1, -0.05) is 19.1 Å². The van der Waals surface area contributed by atoms with E-state index >= 15 is 0 Å². The highest BCUT2D eigenvalue weighted by molar-refractivity contribution is 7.89. The van der Waals surface area contributed by atoms with Crippen LogP contribution in [0, 0.1) is 5.92 Å². The fourth-order valence-corrected chi connectivity index (χ4v) is 4.91. The number of benzene rings is 2. The summed E-state index contributed by atoms with van der Waals surface area (Å²) in [4.78, 5) is 24.1. The van der Waals surface area contributed by atoms with E-state index in [9.17, 15) is 18.0 Å². The van der Waals surface area contributed by atoms with Crippen LogP contribution in [-0.4, -0.2) is 37.5 Å². The first-order valence-corrected chi connectivity index (χ1v) is 10.7. The van der Waals surface area contributed by atoms with Crippen LogP contribution in [0.2, 0.25) is 0 Å². The van der Waals surface area contributed by atoms with Crippen molar-refractivity contribution in [2.24, 2.45) is 5.92 Å². The Morgan fingerprint density at radius 3 is 2.43 bits per heavy atom. The molecule has 0 spiro atoms. The van der Waals surface area contributed by atoms with Gasteiger partial charge in [-0.2, -0.15) is 4.31 Å². The van der Waals surface area contributed by atoms with Gasteiger partial charge in [-0.3, -0.25) is 9.59 Å². The zero-order valence-electron chi connectivity index (χ0n) is 16.0. The van der Waals surface area contributed by atoms with Gasteiger partial charge in [0.2, 0.25) is 10.0 Å². The highest BCUT2D eigenvalue weighted by Crippen LogP contribution is 2.24. The van der Waals surface area contributed by atoms with Crippen LogP contribution in [0.15, 0.2) is 53.4 Å². The highest BCUT2D eigenvalue weighted by Gasteiger charge is 2.28. The molecule has 1 amide bonds. The van der Waals surface area contributed by atoms with Gasteiger partial charge in [-0.15, -0.1) is 0 Å². The summed E-state index contributed by atoms with van der Waals surface area (Å²) >= 11 is 0. The molecule has 1 saturated heterocycles. The Bertz CT molecular complexity index is 984. The van der Waals surface area contributed by atoms with E-state index in [-0.39, 0.29) is 16.6 Å². The van der Waals surface area contributed by atoms with Crippen LogP contribution < -0.4 is 5.32 Å². The van der Waals surface area contributed by atoms with Crippen molar-refractivity contribution in [1.82, 2.24) is 4.31 Å². The fourth-order valence-electron chi connectivity index (χ4n) is 3.31. The molecule has 1 fully saturated rings. The van der Waals surface area contributed by atoms with E-state index in [2.05, 4.69) is 12.2 Å². The molecule has 6 nitrogen and oxygen atoms in total. The van der Waals surface area contributed by atoms with E-state index in [1.807, 2.05) is 0 Å². The van der Waals surface area contributed by atoms with Crippen molar-refractivity contribution in [2.75, 3.05) is 18.4 Å². The zero-order chi connectivity index (χ0) is 20.3. The molecule has 0 aliphatic carbocycles. The molecule has 1 heterocycles. The first kappa shape index (κ1) is 20.2. The number of anilines is 1.